The molecule has 0 saturated carbocycles. The van der Waals surface area contributed by atoms with Crippen molar-refractivity contribution in [2.24, 2.45) is 5.92 Å². The van der Waals surface area contributed by atoms with E-state index < -0.39 is 0 Å². The Morgan fingerprint density at radius 1 is 1.33 bits per heavy atom. The summed E-state index contributed by atoms with van der Waals surface area (Å²) in [4.78, 5) is 14.9. The zero-order valence-electron chi connectivity index (χ0n) is 16.6. The van der Waals surface area contributed by atoms with Gasteiger partial charge in [0, 0.05) is 13.1 Å². The minimum absolute atomic E-state index is 0.128. The zero-order chi connectivity index (χ0) is 19.4. The Balaban J connectivity index is 1.64. The highest BCUT2D eigenvalue weighted by molar-refractivity contribution is 5.93. The Bertz CT molecular complexity index is 769. The summed E-state index contributed by atoms with van der Waals surface area (Å²) in [6, 6.07) is 7.63. The maximum Gasteiger partial charge on any atom is 0.273 e. The van der Waals surface area contributed by atoms with Crippen molar-refractivity contribution in [2.45, 2.75) is 39.7 Å². The van der Waals surface area contributed by atoms with Crippen LogP contribution in [0.5, 0.6) is 5.75 Å². The van der Waals surface area contributed by atoms with Gasteiger partial charge in [0.25, 0.3) is 5.91 Å². The first-order chi connectivity index (χ1) is 12.9. The first-order valence-electron chi connectivity index (χ1n) is 9.60. The number of carbonyl (C=O) groups is 1. The third-order valence-electron chi connectivity index (χ3n) is 4.84. The first-order valence-corrected chi connectivity index (χ1v) is 9.60. The number of rotatable bonds is 6. The molecule has 1 unspecified atom stereocenters. The van der Waals surface area contributed by atoms with Crippen molar-refractivity contribution < 1.29 is 9.53 Å². The lowest BCUT2D eigenvalue weighted by Gasteiger charge is -2.29. The molecule has 7 nitrogen and oxygen atoms in total. The standard InChI is InChI=1S/C20H29N5O2/c1-14(2)27-18-9-7-17(8-10-18)25-15(3)19(22-23-25)20(26)21-12-16-6-5-11-24(4)13-16/h7-10,14,16H,5-6,11-13H2,1-4H3,(H,21,26). The highest BCUT2D eigenvalue weighted by Crippen LogP contribution is 2.18. The second-order valence-corrected chi connectivity index (χ2v) is 7.58. The van der Waals surface area contributed by atoms with Crippen molar-refractivity contribution >= 4 is 5.91 Å². The molecule has 0 aliphatic carbocycles. The van der Waals surface area contributed by atoms with E-state index in [-0.39, 0.29) is 12.0 Å². The van der Waals surface area contributed by atoms with Gasteiger partial charge in [-0.05, 0) is 77.4 Å². The molecular weight excluding hydrogens is 342 g/mol. The monoisotopic (exact) mass is 371 g/mol. The number of nitrogens with one attached hydrogen (secondary N) is 1. The van der Waals surface area contributed by atoms with Gasteiger partial charge in [-0.2, -0.15) is 0 Å². The van der Waals surface area contributed by atoms with Gasteiger partial charge < -0.3 is 15.0 Å². The lowest BCUT2D eigenvalue weighted by Crippen LogP contribution is -2.39. The number of piperidine rings is 1. The van der Waals surface area contributed by atoms with Crippen LogP contribution in [-0.2, 0) is 0 Å². The Hall–Kier alpha value is -2.41. The molecule has 1 aromatic heterocycles. The van der Waals surface area contributed by atoms with Crippen molar-refractivity contribution in [1.29, 1.82) is 0 Å². The molecule has 27 heavy (non-hydrogen) atoms. The second kappa shape index (κ2) is 8.52. The summed E-state index contributed by atoms with van der Waals surface area (Å²) in [5, 5.41) is 11.3. The molecule has 146 valence electrons. The molecule has 1 amide bonds. The molecule has 1 fully saturated rings. The van der Waals surface area contributed by atoms with E-state index in [4.69, 9.17) is 4.74 Å². The quantitative estimate of drug-likeness (QED) is 0.844. The molecule has 0 radical (unpaired) electrons. The van der Waals surface area contributed by atoms with Gasteiger partial charge in [-0.1, -0.05) is 5.21 Å². The maximum absolute atomic E-state index is 12.5. The number of hydrogen-bond acceptors (Lipinski definition) is 5. The number of ether oxygens (including phenoxy) is 1. The molecule has 1 aliphatic rings. The van der Waals surface area contributed by atoms with Crippen molar-refractivity contribution in [3.05, 3.63) is 35.7 Å². The minimum Gasteiger partial charge on any atom is -0.491 e. The molecule has 0 bridgehead atoms. The molecular formula is C20H29N5O2. The Morgan fingerprint density at radius 2 is 2.07 bits per heavy atom. The lowest BCUT2D eigenvalue weighted by atomic mass is 9.98. The van der Waals surface area contributed by atoms with Crippen molar-refractivity contribution in [2.75, 3.05) is 26.7 Å². The largest absolute Gasteiger partial charge is 0.491 e. The van der Waals surface area contributed by atoms with Gasteiger partial charge in [0.15, 0.2) is 5.69 Å². The summed E-state index contributed by atoms with van der Waals surface area (Å²) in [5.41, 5.74) is 1.96. The Kier molecular flexibility index (Phi) is 6.11. The number of likely N-dealkylation sites (tertiary alicyclic amines) is 1. The van der Waals surface area contributed by atoms with Crippen molar-refractivity contribution in [3.63, 3.8) is 0 Å². The summed E-state index contributed by atoms with van der Waals surface area (Å²) < 4.78 is 7.35. The van der Waals surface area contributed by atoms with Crippen LogP contribution in [0, 0.1) is 12.8 Å². The minimum atomic E-state index is -0.160. The average Bonchev–Trinajstić information content (AvgIpc) is 3.01. The summed E-state index contributed by atoms with van der Waals surface area (Å²) in [6.45, 7) is 8.69. The number of carbonyl (C=O) groups excluding carboxylic acids is 1. The fourth-order valence-corrected chi connectivity index (χ4v) is 3.48. The van der Waals surface area contributed by atoms with Gasteiger partial charge in [-0.15, -0.1) is 5.10 Å². The van der Waals surface area contributed by atoms with E-state index >= 15 is 0 Å². The number of amides is 1. The van der Waals surface area contributed by atoms with Crippen LogP contribution in [-0.4, -0.2) is 58.6 Å². The lowest BCUT2D eigenvalue weighted by molar-refractivity contribution is 0.0931. The third-order valence-corrected chi connectivity index (χ3v) is 4.84. The number of aromatic nitrogens is 3. The van der Waals surface area contributed by atoms with Crippen LogP contribution < -0.4 is 10.1 Å². The smallest absolute Gasteiger partial charge is 0.273 e. The molecule has 2 aromatic rings. The van der Waals surface area contributed by atoms with Crippen LogP contribution >= 0.6 is 0 Å². The van der Waals surface area contributed by atoms with E-state index in [0.29, 0.717) is 18.2 Å². The van der Waals surface area contributed by atoms with Gasteiger partial charge in [-0.25, -0.2) is 4.68 Å². The van der Waals surface area contributed by atoms with E-state index in [1.54, 1.807) is 4.68 Å². The van der Waals surface area contributed by atoms with E-state index in [0.717, 1.165) is 36.6 Å². The van der Waals surface area contributed by atoms with Crippen LogP contribution in [0.15, 0.2) is 24.3 Å². The fraction of sp³-hybridized carbons (Fsp3) is 0.550. The van der Waals surface area contributed by atoms with Crippen LogP contribution in [0.2, 0.25) is 0 Å². The van der Waals surface area contributed by atoms with Crippen LogP contribution in [0.25, 0.3) is 5.69 Å². The maximum atomic E-state index is 12.5. The highest BCUT2D eigenvalue weighted by atomic mass is 16.5. The SMILES string of the molecule is Cc1c(C(=O)NCC2CCCN(C)C2)nnn1-c1ccc(OC(C)C)cc1. The highest BCUT2D eigenvalue weighted by Gasteiger charge is 2.21. The molecule has 2 heterocycles. The van der Waals surface area contributed by atoms with E-state index in [2.05, 4.69) is 27.6 Å². The Labute approximate surface area is 160 Å². The average molecular weight is 371 g/mol. The number of hydrogen-bond donors (Lipinski definition) is 1. The van der Waals surface area contributed by atoms with Gasteiger partial charge in [0.1, 0.15) is 5.75 Å². The predicted molar refractivity (Wildman–Crippen MR) is 104 cm³/mol. The molecule has 1 saturated heterocycles. The third kappa shape index (κ3) is 4.86. The summed E-state index contributed by atoms with van der Waals surface area (Å²) in [7, 11) is 2.13. The summed E-state index contributed by atoms with van der Waals surface area (Å²) >= 11 is 0. The fourth-order valence-electron chi connectivity index (χ4n) is 3.48. The zero-order valence-corrected chi connectivity index (χ0v) is 16.6. The topological polar surface area (TPSA) is 72.3 Å². The van der Waals surface area contributed by atoms with Gasteiger partial charge in [0.05, 0.1) is 17.5 Å². The molecule has 7 heteroatoms. The van der Waals surface area contributed by atoms with Crippen LogP contribution in [0.3, 0.4) is 0 Å². The molecule has 1 aromatic carbocycles. The van der Waals surface area contributed by atoms with E-state index in [1.165, 1.54) is 6.42 Å². The normalized spacial score (nSPS) is 17.9. The number of nitrogens with zero attached hydrogens (tertiary/aromatic N) is 4. The molecule has 1 N–H and O–H groups in total. The molecule has 0 spiro atoms. The molecule has 1 aliphatic heterocycles. The van der Waals surface area contributed by atoms with Gasteiger partial charge >= 0.3 is 0 Å². The van der Waals surface area contributed by atoms with E-state index in [1.807, 2.05) is 45.0 Å². The predicted octanol–water partition coefficient (Wildman–Crippen LogP) is 2.43. The van der Waals surface area contributed by atoms with Crippen LogP contribution in [0.1, 0.15) is 42.9 Å². The second-order valence-electron chi connectivity index (χ2n) is 7.58. The first kappa shape index (κ1) is 19.4. The van der Waals surface area contributed by atoms with Gasteiger partial charge in [0.2, 0.25) is 0 Å². The molecule has 3 rings (SSSR count). The van der Waals surface area contributed by atoms with Crippen molar-refractivity contribution in [3.8, 4) is 11.4 Å². The van der Waals surface area contributed by atoms with E-state index in [9.17, 15) is 4.79 Å². The summed E-state index contributed by atoms with van der Waals surface area (Å²) in [6.07, 6.45) is 2.47. The molecule has 1 atom stereocenters. The van der Waals surface area contributed by atoms with Crippen LogP contribution in [0.4, 0.5) is 0 Å². The Morgan fingerprint density at radius 3 is 2.74 bits per heavy atom. The van der Waals surface area contributed by atoms with Crippen molar-refractivity contribution in [1.82, 2.24) is 25.2 Å². The summed E-state index contributed by atoms with van der Waals surface area (Å²) in [5.74, 6) is 1.14. The number of benzene rings is 1. The van der Waals surface area contributed by atoms with Gasteiger partial charge in [-0.3, -0.25) is 4.79 Å².